The third-order valence-corrected chi connectivity index (χ3v) is 3.60. The van der Waals surface area contributed by atoms with Gasteiger partial charge in [-0.3, -0.25) is 4.79 Å². The molecule has 1 aliphatic rings. The lowest BCUT2D eigenvalue weighted by Crippen LogP contribution is -2.20. The van der Waals surface area contributed by atoms with E-state index in [1.165, 1.54) is 6.07 Å². The number of benzene rings is 2. The Labute approximate surface area is 145 Å². The quantitative estimate of drug-likeness (QED) is 0.876. The van der Waals surface area contributed by atoms with E-state index in [0.29, 0.717) is 17.2 Å². The Hall–Kier alpha value is -2.61. The van der Waals surface area contributed by atoms with Gasteiger partial charge in [0.05, 0.1) is 10.6 Å². The Morgan fingerprint density at radius 3 is 2.68 bits per heavy atom. The second-order valence-electron chi connectivity index (χ2n) is 5.04. The summed E-state index contributed by atoms with van der Waals surface area (Å²) in [6.45, 7) is -0.277. The van der Waals surface area contributed by atoms with Crippen molar-refractivity contribution < 1.29 is 32.2 Å². The van der Waals surface area contributed by atoms with Gasteiger partial charge in [0.25, 0.3) is 5.91 Å². The van der Waals surface area contributed by atoms with E-state index in [1.54, 1.807) is 18.2 Å². The summed E-state index contributed by atoms with van der Waals surface area (Å²) in [6, 6.07) is 7.88. The first-order valence-electron chi connectivity index (χ1n) is 7.02. The largest absolute Gasteiger partial charge is 0.484 e. The average molecular weight is 374 g/mol. The molecule has 0 saturated heterocycles. The van der Waals surface area contributed by atoms with Crippen molar-refractivity contribution in [2.75, 3.05) is 18.7 Å². The fraction of sp³-hybridized carbons (Fsp3) is 0.188. The predicted octanol–water partition coefficient (Wildman–Crippen LogP) is 4.11. The first kappa shape index (κ1) is 17.2. The van der Waals surface area contributed by atoms with Crippen molar-refractivity contribution in [3.05, 3.63) is 47.0 Å². The maximum atomic E-state index is 12.8. The zero-order chi connectivity index (χ0) is 18.0. The summed E-state index contributed by atoms with van der Waals surface area (Å²) in [5, 5.41) is 1.88. The Morgan fingerprint density at radius 2 is 1.92 bits per heavy atom. The summed E-state index contributed by atoms with van der Waals surface area (Å²) in [4.78, 5) is 11.9. The molecular weight excluding hydrogens is 363 g/mol. The van der Waals surface area contributed by atoms with Crippen molar-refractivity contribution in [2.45, 2.75) is 6.18 Å². The smallest absolute Gasteiger partial charge is 0.417 e. The fourth-order valence-electron chi connectivity index (χ4n) is 2.13. The van der Waals surface area contributed by atoms with Crippen LogP contribution in [0.4, 0.5) is 18.9 Å². The van der Waals surface area contributed by atoms with Crippen molar-refractivity contribution in [2.24, 2.45) is 0 Å². The van der Waals surface area contributed by atoms with Gasteiger partial charge in [0.15, 0.2) is 18.1 Å². The third kappa shape index (κ3) is 4.08. The van der Waals surface area contributed by atoms with Gasteiger partial charge < -0.3 is 19.5 Å². The number of anilines is 1. The Morgan fingerprint density at radius 1 is 1.16 bits per heavy atom. The number of amides is 1. The van der Waals surface area contributed by atoms with E-state index >= 15 is 0 Å². The minimum absolute atomic E-state index is 0.0315. The number of nitrogens with one attached hydrogen (secondary N) is 1. The molecule has 0 radical (unpaired) electrons. The van der Waals surface area contributed by atoms with Crippen LogP contribution in [0.1, 0.15) is 5.56 Å². The molecule has 25 heavy (non-hydrogen) atoms. The minimum Gasteiger partial charge on any atom is -0.484 e. The lowest BCUT2D eigenvalue weighted by molar-refractivity contribution is -0.137. The topological polar surface area (TPSA) is 56.8 Å². The molecule has 0 bridgehead atoms. The van der Waals surface area contributed by atoms with Gasteiger partial charge in [0, 0.05) is 11.8 Å². The van der Waals surface area contributed by atoms with Crippen molar-refractivity contribution in [1.29, 1.82) is 0 Å². The standard InChI is InChI=1S/C16H11ClF3NO4/c17-12-3-1-9(5-11(12)16(18,19)20)21-15(22)7-23-10-2-4-13-14(6-10)25-8-24-13/h1-6H,7-8H2,(H,21,22). The number of carbonyl (C=O) groups is 1. The number of alkyl halides is 3. The van der Waals surface area contributed by atoms with Gasteiger partial charge in [0.2, 0.25) is 6.79 Å². The van der Waals surface area contributed by atoms with Crippen LogP contribution in [0.2, 0.25) is 5.02 Å². The molecular formula is C16H11ClF3NO4. The summed E-state index contributed by atoms with van der Waals surface area (Å²) in [5.41, 5.74) is -1.06. The van der Waals surface area contributed by atoms with Crippen LogP contribution >= 0.6 is 11.6 Å². The molecule has 0 saturated carbocycles. The monoisotopic (exact) mass is 373 g/mol. The molecule has 3 rings (SSSR count). The highest BCUT2D eigenvalue weighted by molar-refractivity contribution is 6.31. The van der Waals surface area contributed by atoms with E-state index < -0.39 is 22.7 Å². The summed E-state index contributed by atoms with van der Waals surface area (Å²) in [5.74, 6) is 0.808. The number of rotatable bonds is 4. The molecule has 0 atom stereocenters. The first-order valence-corrected chi connectivity index (χ1v) is 7.40. The number of hydrogen-bond acceptors (Lipinski definition) is 4. The van der Waals surface area contributed by atoms with Crippen LogP contribution in [0, 0.1) is 0 Å². The van der Waals surface area contributed by atoms with E-state index in [9.17, 15) is 18.0 Å². The molecule has 0 aliphatic carbocycles. The van der Waals surface area contributed by atoms with Crippen molar-refractivity contribution in [1.82, 2.24) is 0 Å². The molecule has 1 aliphatic heterocycles. The zero-order valence-corrected chi connectivity index (χ0v) is 13.3. The lowest BCUT2D eigenvalue weighted by atomic mass is 10.2. The zero-order valence-electron chi connectivity index (χ0n) is 12.5. The van der Waals surface area contributed by atoms with Crippen LogP contribution in [0.15, 0.2) is 36.4 Å². The van der Waals surface area contributed by atoms with E-state index in [1.807, 2.05) is 0 Å². The number of hydrogen-bond donors (Lipinski definition) is 1. The van der Waals surface area contributed by atoms with Crippen LogP contribution < -0.4 is 19.5 Å². The van der Waals surface area contributed by atoms with Gasteiger partial charge >= 0.3 is 6.18 Å². The van der Waals surface area contributed by atoms with E-state index in [4.69, 9.17) is 25.8 Å². The molecule has 0 unspecified atom stereocenters. The Kier molecular flexibility index (Phi) is 4.63. The highest BCUT2D eigenvalue weighted by Crippen LogP contribution is 2.36. The second-order valence-corrected chi connectivity index (χ2v) is 5.45. The van der Waals surface area contributed by atoms with E-state index in [0.717, 1.165) is 12.1 Å². The molecule has 2 aromatic carbocycles. The highest BCUT2D eigenvalue weighted by Gasteiger charge is 2.33. The van der Waals surface area contributed by atoms with Crippen LogP contribution in [0.3, 0.4) is 0 Å². The SMILES string of the molecule is O=C(COc1ccc2c(c1)OCO2)Nc1ccc(Cl)c(C(F)(F)F)c1. The summed E-state index contributed by atoms with van der Waals surface area (Å²) in [6.07, 6.45) is -4.61. The maximum Gasteiger partial charge on any atom is 0.417 e. The van der Waals surface area contributed by atoms with Gasteiger partial charge in [-0.25, -0.2) is 0 Å². The Balaban J connectivity index is 1.61. The minimum atomic E-state index is -4.61. The normalized spacial score (nSPS) is 12.8. The van der Waals surface area contributed by atoms with E-state index in [-0.39, 0.29) is 19.1 Å². The Bertz CT molecular complexity index is 810. The van der Waals surface area contributed by atoms with Crippen molar-refractivity contribution in [3.8, 4) is 17.2 Å². The van der Waals surface area contributed by atoms with Crippen LogP contribution in [-0.4, -0.2) is 19.3 Å². The maximum absolute atomic E-state index is 12.8. The number of fused-ring (bicyclic) bond motifs is 1. The molecule has 9 heteroatoms. The average Bonchev–Trinajstić information content (AvgIpc) is 3.01. The van der Waals surface area contributed by atoms with Gasteiger partial charge in [-0.2, -0.15) is 13.2 Å². The van der Waals surface area contributed by atoms with Gasteiger partial charge in [0.1, 0.15) is 5.75 Å². The lowest BCUT2D eigenvalue weighted by Gasteiger charge is -2.12. The predicted molar refractivity (Wildman–Crippen MR) is 83.1 cm³/mol. The molecule has 0 fully saturated rings. The number of carbonyl (C=O) groups excluding carboxylic acids is 1. The number of halogens is 4. The summed E-state index contributed by atoms with van der Waals surface area (Å²) < 4.78 is 54.0. The first-order chi connectivity index (χ1) is 11.8. The molecule has 1 N–H and O–H groups in total. The molecule has 0 aromatic heterocycles. The van der Waals surface area contributed by atoms with Crippen molar-refractivity contribution in [3.63, 3.8) is 0 Å². The molecule has 0 spiro atoms. The summed E-state index contributed by atoms with van der Waals surface area (Å²) >= 11 is 5.53. The van der Waals surface area contributed by atoms with E-state index in [2.05, 4.69) is 5.32 Å². The fourth-order valence-corrected chi connectivity index (χ4v) is 2.36. The van der Waals surface area contributed by atoms with Crippen LogP contribution in [0.25, 0.3) is 0 Å². The summed E-state index contributed by atoms with van der Waals surface area (Å²) in [7, 11) is 0. The molecule has 5 nitrogen and oxygen atoms in total. The second kappa shape index (κ2) is 6.72. The van der Waals surface area contributed by atoms with Gasteiger partial charge in [-0.15, -0.1) is 0 Å². The number of ether oxygens (including phenoxy) is 3. The van der Waals surface area contributed by atoms with Crippen LogP contribution in [0.5, 0.6) is 17.2 Å². The highest BCUT2D eigenvalue weighted by atomic mass is 35.5. The third-order valence-electron chi connectivity index (χ3n) is 3.27. The molecule has 132 valence electrons. The van der Waals surface area contributed by atoms with Gasteiger partial charge in [-0.1, -0.05) is 11.6 Å². The molecule has 1 amide bonds. The van der Waals surface area contributed by atoms with Gasteiger partial charge in [-0.05, 0) is 30.3 Å². The molecule has 1 heterocycles. The van der Waals surface area contributed by atoms with Crippen LogP contribution in [-0.2, 0) is 11.0 Å². The van der Waals surface area contributed by atoms with Crippen molar-refractivity contribution >= 4 is 23.2 Å². The molecule has 2 aromatic rings.